The highest BCUT2D eigenvalue weighted by Gasteiger charge is 2.45. The number of carbonyl (C=O) groups is 14. The molecule has 0 unspecified atom stereocenters. The number of carbonyl (C=O) groups excluding carboxylic acids is 12. The van der Waals surface area contributed by atoms with Gasteiger partial charge in [-0.05, 0) is 75.0 Å². The Kier molecular flexibility index (Phi) is 46.0. The number of nitrogens with one attached hydrogen (secondary N) is 11. The number of nitrogens with two attached hydrogens (primary N) is 2. The third kappa shape index (κ3) is 36.1. The molecule has 2 bridgehead atoms. The van der Waals surface area contributed by atoms with Gasteiger partial charge in [0.25, 0.3) is 0 Å². The van der Waals surface area contributed by atoms with Crippen molar-refractivity contribution in [2.24, 2.45) is 17.4 Å². The molecule has 6 rings (SSSR count). The summed E-state index contributed by atoms with van der Waals surface area (Å²) in [6, 6.07) is 4.92. The van der Waals surface area contributed by atoms with E-state index >= 15 is 4.79 Å². The maximum atomic E-state index is 15.2. The summed E-state index contributed by atoms with van der Waals surface area (Å²) in [4.78, 5) is 199. The molecular formula is C79H125N17O20S2. The topological polar surface area (TPSA) is 525 Å². The molecule has 37 nitrogen and oxygen atoms in total. The fourth-order valence-corrected chi connectivity index (χ4v) is 15.7. The molecule has 0 aromatic heterocycles. The molecule has 2 aromatic carbocycles. The van der Waals surface area contributed by atoms with Crippen LogP contribution in [-0.2, 0) is 99.3 Å². The minimum Gasteiger partial charge on any atom is -0.481 e. The number of carboxylic acids is 2. The van der Waals surface area contributed by atoms with Crippen molar-refractivity contribution in [3.8, 4) is 0 Å². The highest BCUT2D eigenvalue weighted by atomic mass is 32.2. The van der Waals surface area contributed by atoms with Crippen LogP contribution in [0.25, 0.3) is 0 Å². The Balaban J connectivity index is 1.02. The van der Waals surface area contributed by atoms with E-state index in [2.05, 4.69) is 58.5 Å². The average molecular weight is 1700 g/mol. The molecule has 4 aliphatic rings. The molecule has 3 saturated heterocycles. The molecule has 118 heavy (non-hydrogen) atoms. The molecule has 0 radical (unpaired) electrons. The molecule has 2 aromatic rings. The molecule has 18 N–H and O–H groups in total. The van der Waals surface area contributed by atoms with Crippen LogP contribution >= 0.6 is 23.5 Å². The first-order valence-electron chi connectivity index (χ1n) is 41.1. The van der Waals surface area contributed by atoms with Gasteiger partial charge in [0.2, 0.25) is 70.9 Å². The Morgan fingerprint density at radius 3 is 1.77 bits per heavy atom. The van der Waals surface area contributed by atoms with Crippen molar-refractivity contribution in [2.75, 3.05) is 156 Å². The standard InChI is InChI=1S/C79H125N17O20S2/c1-3-4-17-58(87-66(99)22-21-65(98)84-27-11-38-114-40-42-116-43-41-115-39-12-28-85-67(100)48-93-34-36-94(37-35-93)77(111)57(46-82-30-25-80)47-83-31-26-81)72(106)91-62-52-118-50-56-16-8-15-55(44-56)49-117-51-61(71(105)86-29-24-69(103)104)90-74(108)60(45-54-13-6-5-7-14-54)89-73(107)59(20-23-68(101)102)88-76(110)70(53(2)97)92-75(109)63-18-9-32-95(63)79(113)64-19-10-33-96(64)78(62)112/h5-8,13-16,44,53,57-64,70,82-83,97H,3-4,9-12,17-43,45-52,80-81H2,1-2H3,(H,84,98)(H,85,100)(H,86,105)(H,87,99)(H,88,110)(H,89,107)(H,90,108)(H,91,106)(H,92,109)(H,101,102)(H,103,104)/t53-,58+,59+,60+,61+,62+,63+,64+,70+/m1/s1. The molecule has 12 amide bonds. The molecule has 0 saturated carbocycles. The fraction of sp³-hybridized carbons (Fsp3) is 0.671. The van der Waals surface area contributed by atoms with Gasteiger partial charge in [-0.2, -0.15) is 23.5 Å². The Morgan fingerprint density at radius 2 is 1.16 bits per heavy atom. The smallest absolute Gasteiger partial charge is 0.305 e. The van der Waals surface area contributed by atoms with E-state index in [4.69, 9.17) is 25.7 Å². The number of carboxylic acid groups (broad SMARTS) is 2. The lowest BCUT2D eigenvalue weighted by Crippen LogP contribution is -2.62. The van der Waals surface area contributed by atoms with Crippen LogP contribution in [0, 0.1) is 5.92 Å². The van der Waals surface area contributed by atoms with Crippen LogP contribution in [0.5, 0.6) is 0 Å². The van der Waals surface area contributed by atoms with Gasteiger partial charge in [0.1, 0.15) is 48.3 Å². The largest absolute Gasteiger partial charge is 0.481 e. The molecule has 3 fully saturated rings. The van der Waals surface area contributed by atoms with Gasteiger partial charge < -0.3 is 114 Å². The minimum absolute atomic E-state index is 0.0181. The first-order valence-corrected chi connectivity index (χ1v) is 43.4. The van der Waals surface area contributed by atoms with E-state index in [-0.39, 0.29) is 106 Å². The third-order valence-electron chi connectivity index (χ3n) is 20.1. The van der Waals surface area contributed by atoms with Crippen molar-refractivity contribution in [3.63, 3.8) is 0 Å². The van der Waals surface area contributed by atoms with Crippen molar-refractivity contribution >= 4 is 106 Å². The number of rotatable bonds is 44. The second-order valence-electron chi connectivity index (χ2n) is 29.5. The lowest BCUT2D eigenvalue weighted by atomic mass is 10.0. The van der Waals surface area contributed by atoms with E-state index in [1.54, 1.807) is 30.3 Å². The Hall–Kier alpha value is -8.64. The molecule has 0 aliphatic carbocycles. The predicted molar refractivity (Wildman–Crippen MR) is 441 cm³/mol. The van der Waals surface area contributed by atoms with Crippen LogP contribution in [0.3, 0.4) is 0 Å². The molecule has 4 aliphatic heterocycles. The molecule has 4 heterocycles. The van der Waals surface area contributed by atoms with Gasteiger partial charge in [0.05, 0.1) is 51.4 Å². The zero-order valence-electron chi connectivity index (χ0n) is 68.0. The number of hydrogen-bond donors (Lipinski definition) is 16. The Labute approximate surface area is 698 Å². The van der Waals surface area contributed by atoms with Crippen LogP contribution in [0.15, 0.2) is 54.6 Å². The summed E-state index contributed by atoms with van der Waals surface area (Å²) in [7, 11) is 0. The summed E-state index contributed by atoms with van der Waals surface area (Å²) in [6.07, 6.45) is -0.466. The van der Waals surface area contributed by atoms with E-state index in [9.17, 15) is 77.6 Å². The van der Waals surface area contributed by atoms with Gasteiger partial charge in [-0.1, -0.05) is 74.4 Å². The van der Waals surface area contributed by atoms with Crippen LogP contribution in [-0.4, -0.2) is 328 Å². The first-order chi connectivity index (χ1) is 56.9. The normalized spacial score (nSPS) is 20.8. The van der Waals surface area contributed by atoms with Gasteiger partial charge in [-0.15, -0.1) is 0 Å². The summed E-state index contributed by atoms with van der Waals surface area (Å²) < 4.78 is 16.9. The van der Waals surface area contributed by atoms with Crippen molar-refractivity contribution in [2.45, 2.75) is 176 Å². The van der Waals surface area contributed by atoms with Gasteiger partial charge in [-0.25, -0.2) is 0 Å². The zero-order valence-corrected chi connectivity index (χ0v) is 69.6. The Bertz CT molecular complexity index is 3520. The highest BCUT2D eigenvalue weighted by molar-refractivity contribution is 7.98. The summed E-state index contributed by atoms with van der Waals surface area (Å²) in [5, 5.41) is 60.9. The predicted octanol–water partition coefficient (Wildman–Crippen LogP) is -2.97. The average Bonchev–Trinajstić information content (AvgIpc) is 1.64. The number of benzene rings is 2. The molecule has 39 heteroatoms. The van der Waals surface area contributed by atoms with Gasteiger partial charge >= 0.3 is 11.9 Å². The lowest BCUT2D eigenvalue weighted by Gasteiger charge is -2.36. The number of hydrogen-bond acceptors (Lipinski definition) is 25. The second kappa shape index (κ2) is 55.2. The van der Waals surface area contributed by atoms with Crippen LogP contribution in [0.2, 0.25) is 0 Å². The molecule has 658 valence electrons. The van der Waals surface area contributed by atoms with E-state index in [0.29, 0.717) is 161 Å². The van der Waals surface area contributed by atoms with Crippen LogP contribution in [0.1, 0.15) is 120 Å². The third-order valence-corrected chi connectivity index (χ3v) is 22.3. The minimum atomic E-state index is -1.79. The van der Waals surface area contributed by atoms with Gasteiger partial charge in [0.15, 0.2) is 0 Å². The number of ether oxygens (including phenoxy) is 3. The molecule has 9 atom stereocenters. The second-order valence-corrected chi connectivity index (χ2v) is 31.6. The molecule has 0 spiro atoms. The monoisotopic (exact) mass is 1700 g/mol. The highest BCUT2D eigenvalue weighted by Crippen LogP contribution is 2.28. The van der Waals surface area contributed by atoms with Gasteiger partial charge in [0, 0.05) is 160 Å². The summed E-state index contributed by atoms with van der Waals surface area (Å²) in [6.45, 7) is 11.6. The van der Waals surface area contributed by atoms with Crippen LogP contribution < -0.4 is 70.0 Å². The van der Waals surface area contributed by atoms with Crippen molar-refractivity contribution in [1.29, 1.82) is 0 Å². The van der Waals surface area contributed by atoms with E-state index in [0.717, 1.165) is 11.1 Å². The Morgan fingerprint density at radius 1 is 0.585 bits per heavy atom. The number of amides is 12. The number of fused-ring (bicyclic) bond motifs is 4. The molecular weight excluding hydrogens is 1570 g/mol. The summed E-state index contributed by atoms with van der Waals surface area (Å²) in [5.74, 6) is -9.74. The number of aliphatic hydroxyl groups is 1. The van der Waals surface area contributed by atoms with E-state index < -0.39 is 145 Å². The summed E-state index contributed by atoms with van der Waals surface area (Å²) >= 11 is 2.56. The van der Waals surface area contributed by atoms with Crippen LogP contribution in [0.4, 0.5) is 0 Å². The SMILES string of the molecule is CCCC[C@H](NC(=O)CCC(=O)NCCCOCCOCCOCCCNC(=O)CN1CCN(C(=O)C(CNCCN)CNCCN)CC1)C(=O)N[C@H]1CSCc2cccc(c2)CSC[C@@H](C(=O)NCCC(=O)O)NC(=O)[C@H](Cc2ccccc2)NC(=O)[C@H](CCC(=O)O)NC(=O)[C@H]([C@@H](C)O)NC(=O)[C@@H]2CCCN2C(=O)[C@@H]2CCCN2C1=O. The number of thioether (sulfide) groups is 2. The number of aliphatic hydroxyl groups excluding tert-OH is 1. The quantitative estimate of drug-likeness (QED) is 0.0295. The maximum absolute atomic E-state index is 15.2. The van der Waals surface area contributed by atoms with Crippen molar-refractivity contribution in [3.05, 3.63) is 71.3 Å². The number of nitrogens with zero attached hydrogens (tertiary/aromatic N) is 4. The lowest BCUT2D eigenvalue weighted by molar-refractivity contribution is -0.148. The van der Waals surface area contributed by atoms with E-state index in [1.165, 1.54) is 40.2 Å². The summed E-state index contributed by atoms with van der Waals surface area (Å²) in [5.41, 5.74) is 13.4. The number of aliphatic carboxylic acids is 2. The van der Waals surface area contributed by atoms with E-state index in [1.807, 2.05) is 41.0 Å². The fourth-order valence-electron chi connectivity index (χ4n) is 13.7. The van der Waals surface area contributed by atoms with Gasteiger partial charge in [-0.3, -0.25) is 72.0 Å². The number of piperazine rings is 1. The zero-order chi connectivity index (χ0) is 85.6. The van der Waals surface area contributed by atoms with Crippen molar-refractivity contribution in [1.82, 2.24) is 78.1 Å². The first kappa shape index (κ1) is 98.2. The number of unbranched alkanes of at least 4 members (excludes halogenated alkanes) is 1. The maximum Gasteiger partial charge on any atom is 0.305 e. The van der Waals surface area contributed by atoms with Crippen molar-refractivity contribution < 1.29 is 96.7 Å².